The maximum Gasteiger partial charge on any atom is 0.231 e. The lowest BCUT2D eigenvalue weighted by molar-refractivity contribution is -0.129. The van der Waals surface area contributed by atoms with Gasteiger partial charge in [-0.2, -0.15) is 0 Å². The SMILES string of the molecule is CCCCCC(=O)N(C)CC(=O)c1ccc2c(c1)OCO2. The summed E-state index contributed by atoms with van der Waals surface area (Å²) in [6.45, 7) is 2.37. The fourth-order valence-electron chi connectivity index (χ4n) is 2.18. The van der Waals surface area contributed by atoms with E-state index < -0.39 is 0 Å². The van der Waals surface area contributed by atoms with Crippen molar-refractivity contribution in [3.63, 3.8) is 0 Å². The summed E-state index contributed by atoms with van der Waals surface area (Å²) in [7, 11) is 1.67. The zero-order valence-electron chi connectivity index (χ0n) is 12.6. The molecule has 114 valence electrons. The maximum atomic E-state index is 12.2. The van der Waals surface area contributed by atoms with E-state index in [0.717, 1.165) is 19.3 Å². The fraction of sp³-hybridized carbons (Fsp3) is 0.500. The molecule has 2 rings (SSSR count). The van der Waals surface area contributed by atoms with E-state index in [1.54, 1.807) is 25.2 Å². The van der Waals surface area contributed by atoms with Crippen molar-refractivity contribution in [1.29, 1.82) is 0 Å². The Kier molecular flexibility index (Phi) is 5.20. The van der Waals surface area contributed by atoms with Crippen molar-refractivity contribution in [2.24, 2.45) is 0 Å². The lowest BCUT2D eigenvalue weighted by Crippen LogP contribution is -2.31. The molecule has 0 N–H and O–H groups in total. The average molecular weight is 291 g/mol. The van der Waals surface area contributed by atoms with Crippen LogP contribution in [0.5, 0.6) is 11.5 Å². The molecule has 0 unspecified atom stereocenters. The van der Waals surface area contributed by atoms with Gasteiger partial charge in [0.05, 0.1) is 6.54 Å². The summed E-state index contributed by atoms with van der Waals surface area (Å²) in [4.78, 5) is 25.6. The molecule has 0 fully saturated rings. The summed E-state index contributed by atoms with van der Waals surface area (Å²) in [6, 6.07) is 5.09. The molecule has 0 saturated heterocycles. The molecule has 0 aliphatic carbocycles. The van der Waals surface area contributed by atoms with Gasteiger partial charge >= 0.3 is 0 Å². The molecule has 21 heavy (non-hydrogen) atoms. The van der Waals surface area contributed by atoms with Gasteiger partial charge in [-0.15, -0.1) is 0 Å². The third kappa shape index (κ3) is 3.97. The first kappa shape index (κ1) is 15.4. The molecule has 1 amide bonds. The van der Waals surface area contributed by atoms with Crippen molar-refractivity contribution < 1.29 is 19.1 Å². The summed E-state index contributed by atoms with van der Waals surface area (Å²) >= 11 is 0. The highest BCUT2D eigenvalue weighted by Crippen LogP contribution is 2.32. The van der Waals surface area contributed by atoms with Crippen molar-refractivity contribution in [2.45, 2.75) is 32.6 Å². The standard InChI is InChI=1S/C16H21NO4/c1-3-4-5-6-16(19)17(2)10-13(18)12-7-8-14-15(9-12)21-11-20-14/h7-9H,3-6,10-11H2,1-2H3. The van der Waals surface area contributed by atoms with Crippen LogP contribution in [-0.4, -0.2) is 37.0 Å². The van der Waals surface area contributed by atoms with Crippen LogP contribution in [0.1, 0.15) is 43.0 Å². The van der Waals surface area contributed by atoms with Crippen molar-refractivity contribution in [1.82, 2.24) is 4.90 Å². The summed E-state index contributed by atoms with van der Waals surface area (Å²) in [5.41, 5.74) is 0.535. The number of carbonyl (C=O) groups excluding carboxylic acids is 2. The number of hydrogen-bond acceptors (Lipinski definition) is 4. The topological polar surface area (TPSA) is 55.8 Å². The molecule has 1 aromatic carbocycles. The van der Waals surface area contributed by atoms with E-state index in [1.807, 2.05) is 0 Å². The number of likely N-dealkylation sites (N-methyl/N-ethyl adjacent to an activating group) is 1. The van der Waals surface area contributed by atoms with Crippen LogP contribution < -0.4 is 9.47 Å². The second kappa shape index (κ2) is 7.11. The van der Waals surface area contributed by atoms with Crippen molar-refractivity contribution in [3.05, 3.63) is 23.8 Å². The number of hydrogen-bond donors (Lipinski definition) is 0. The first-order valence-corrected chi connectivity index (χ1v) is 7.28. The number of ketones is 1. The van der Waals surface area contributed by atoms with E-state index in [9.17, 15) is 9.59 Å². The van der Waals surface area contributed by atoms with Gasteiger partial charge in [0.1, 0.15) is 0 Å². The Morgan fingerprint density at radius 1 is 1.19 bits per heavy atom. The molecule has 1 aliphatic heterocycles. The molecule has 5 nitrogen and oxygen atoms in total. The minimum Gasteiger partial charge on any atom is -0.454 e. The normalized spacial score (nSPS) is 12.3. The molecule has 0 atom stereocenters. The first-order valence-electron chi connectivity index (χ1n) is 7.28. The smallest absolute Gasteiger partial charge is 0.231 e. The molecular weight excluding hydrogens is 270 g/mol. The number of ether oxygens (including phenoxy) is 2. The van der Waals surface area contributed by atoms with Crippen molar-refractivity contribution >= 4 is 11.7 Å². The highest BCUT2D eigenvalue weighted by atomic mass is 16.7. The highest BCUT2D eigenvalue weighted by molar-refractivity contribution is 5.99. The second-order valence-electron chi connectivity index (χ2n) is 5.20. The van der Waals surface area contributed by atoms with Crippen LogP contribution >= 0.6 is 0 Å². The van der Waals surface area contributed by atoms with E-state index in [2.05, 4.69) is 6.92 Å². The van der Waals surface area contributed by atoms with Gasteiger partial charge in [0.25, 0.3) is 0 Å². The number of carbonyl (C=O) groups is 2. The molecule has 1 aliphatic rings. The van der Waals surface area contributed by atoms with Gasteiger partial charge in [-0.05, 0) is 24.6 Å². The van der Waals surface area contributed by atoms with E-state index in [0.29, 0.717) is 23.5 Å². The molecule has 0 bridgehead atoms. The predicted molar refractivity (Wildman–Crippen MR) is 78.7 cm³/mol. The molecule has 0 aromatic heterocycles. The second-order valence-corrected chi connectivity index (χ2v) is 5.20. The average Bonchev–Trinajstić information content (AvgIpc) is 2.94. The largest absolute Gasteiger partial charge is 0.454 e. The lowest BCUT2D eigenvalue weighted by Gasteiger charge is -2.16. The zero-order chi connectivity index (χ0) is 15.2. The van der Waals surface area contributed by atoms with Crippen LogP contribution in [0.25, 0.3) is 0 Å². The van der Waals surface area contributed by atoms with Gasteiger partial charge in [0, 0.05) is 19.0 Å². The van der Waals surface area contributed by atoms with Crippen LogP contribution in [0.2, 0.25) is 0 Å². The fourth-order valence-corrected chi connectivity index (χ4v) is 2.18. The summed E-state index contributed by atoms with van der Waals surface area (Å²) in [6.07, 6.45) is 3.49. The van der Waals surface area contributed by atoms with Crippen LogP contribution in [-0.2, 0) is 4.79 Å². The predicted octanol–water partition coefficient (Wildman–Crippen LogP) is 2.64. The lowest BCUT2D eigenvalue weighted by atomic mass is 10.1. The van der Waals surface area contributed by atoms with Crippen LogP contribution in [0.4, 0.5) is 0 Å². The van der Waals surface area contributed by atoms with Gasteiger partial charge in [-0.3, -0.25) is 9.59 Å². The van der Waals surface area contributed by atoms with E-state index >= 15 is 0 Å². The number of Topliss-reactive ketones (excluding diaryl/α,β-unsaturated/α-hetero) is 1. The Hall–Kier alpha value is -2.04. The van der Waals surface area contributed by atoms with E-state index in [1.165, 1.54) is 4.90 Å². The van der Waals surface area contributed by atoms with Gasteiger partial charge in [0.2, 0.25) is 12.7 Å². The Morgan fingerprint density at radius 2 is 1.95 bits per heavy atom. The minimum absolute atomic E-state index is 0.0116. The Balaban J connectivity index is 1.90. The van der Waals surface area contributed by atoms with Crippen molar-refractivity contribution in [2.75, 3.05) is 20.4 Å². The van der Waals surface area contributed by atoms with Gasteiger partial charge in [0.15, 0.2) is 17.3 Å². The van der Waals surface area contributed by atoms with E-state index in [4.69, 9.17) is 9.47 Å². The number of benzene rings is 1. The van der Waals surface area contributed by atoms with Gasteiger partial charge in [-0.25, -0.2) is 0 Å². The molecular formula is C16H21NO4. The zero-order valence-corrected chi connectivity index (χ0v) is 12.6. The Labute approximate surface area is 124 Å². The number of fused-ring (bicyclic) bond motifs is 1. The van der Waals surface area contributed by atoms with Gasteiger partial charge in [-0.1, -0.05) is 19.8 Å². The molecule has 1 heterocycles. The van der Waals surface area contributed by atoms with Gasteiger partial charge < -0.3 is 14.4 Å². The summed E-state index contributed by atoms with van der Waals surface area (Å²) < 4.78 is 10.5. The third-order valence-corrected chi connectivity index (χ3v) is 3.50. The monoisotopic (exact) mass is 291 g/mol. The van der Waals surface area contributed by atoms with Crippen LogP contribution in [0.15, 0.2) is 18.2 Å². The van der Waals surface area contributed by atoms with E-state index in [-0.39, 0.29) is 25.0 Å². The van der Waals surface area contributed by atoms with Crippen molar-refractivity contribution in [3.8, 4) is 11.5 Å². The maximum absolute atomic E-state index is 12.2. The molecule has 0 saturated carbocycles. The number of unbranched alkanes of at least 4 members (excludes halogenated alkanes) is 2. The van der Waals surface area contributed by atoms with Crippen LogP contribution in [0.3, 0.4) is 0 Å². The quantitative estimate of drug-likeness (QED) is 0.572. The Bertz CT molecular complexity index is 527. The van der Waals surface area contributed by atoms with Crippen LogP contribution in [0, 0.1) is 0 Å². The number of amides is 1. The molecule has 5 heteroatoms. The number of nitrogens with zero attached hydrogens (tertiary/aromatic N) is 1. The summed E-state index contributed by atoms with van der Waals surface area (Å²) in [5, 5.41) is 0. The minimum atomic E-state index is -0.0976. The molecule has 0 spiro atoms. The molecule has 0 radical (unpaired) electrons. The number of rotatable bonds is 7. The highest BCUT2D eigenvalue weighted by Gasteiger charge is 2.18. The summed E-state index contributed by atoms with van der Waals surface area (Å²) in [5.74, 6) is 1.14. The molecule has 1 aromatic rings. The Morgan fingerprint density at radius 3 is 2.71 bits per heavy atom. The third-order valence-electron chi connectivity index (χ3n) is 3.50. The first-order chi connectivity index (χ1) is 10.1.